The number of methoxy groups -OCH3 is 1. The van der Waals surface area contributed by atoms with Crippen LogP contribution in [0.15, 0.2) is 42.5 Å². The summed E-state index contributed by atoms with van der Waals surface area (Å²) in [6, 6.07) is 11.7. The Kier molecular flexibility index (Phi) is 8.29. The highest BCUT2D eigenvalue weighted by Gasteiger charge is 2.15. The zero-order valence-corrected chi connectivity index (χ0v) is 17.2. The summed E-state index contributed by atoms with van der Waals surface area (Å²) in [7, 11) is 1.49. The molecule has 0 aromatic heterocycles. The molecular formula is C21H26ClN3O3. The summed E-state index contributed by atoms with van der Waals surface area (Å²) in [5.41, 5.74) is 1.31. The van der Waals surface area contributed by atoms with Crippen LogP contribution >= 0.6 is 11.6 Å². The van der Waals surface area contributed by atoms with Crippen LogP contribution in [0.3, 0.4) is 0 Å². The Hall–Kier alpha value is -2.57. The molecule has 0 spiro atoms. The molecule has 0 bridgehead atoms. The molecular weight excluding hydrogens is 378 g/mol. The molecule has 0 radical (unpaired) electrons. The maximum atomic E-state index is 12.5. The highest BCUT2D eigenvalue weighted by atomic mass is 35.5. The lowest BCUT2D eigenvalue weighted by Crippen LogP contribution is -2.34. The van der Waals surface area contributed by atoms with E-state index in [0.29, 0.717) is 34.1 Å². The number of nitrogens with one attached hydrogen (secondary N) is 2. The molecule has 28 heavy (non-hydrogen) atoms. The van der Waals surface area contributed by atoms with Gasteiger partial charge in [0.15, 0.2) is 0 Å². The van der Waals surface area contributed by atoms with Crippen LogP contribution in [0, 0.1) is 0 Å². The molecule has 0 aliphatic carbocycles. The molecule has 0 heterocycles. The van der Waals surface area contributed by atoms with Gasteiger partial charge in [-0.05, 0) is 37.4 Å². The lowest BCUT2D eigenvalue weighted by molar-refractivity contribution is 0.0945. The van der Waals surface area contributed by atoms with Crippen molar-refractivity contribution in [3.8, 4) is 5.75 Å². The molecule has 0 saturated carbocycles. The first kappa shape index (κ1) is 21.7. The Balaban J connectivity index is 2.06. The van der Waals surface area contributed by atoms with Crippen LogP contribution in [-0.2, 0) is 0 Å². The number of likely N-dealkylation sites (N-methyl/N-ethyl adjacent to an activating group) is 1. The minimum atomic E-state index is -0.330. The molecule has 2 aromatic carbocycles. The molecule has 150 valence electrons. The molecule has 0 saturated heterocycles. The van der Waals surface area contributed by atoms with Crippen LogP contribution in [0.4, 0.5) is 5.69 Å². The van der Waals surface area contributed by atoms with E-state index in [2.05, 4.69) is 29.4 Å². The zero-order valence-electron chi connectivity index (χ0n) is 16.4. The first-order valence-electron chi connectivity index (χ1n) is 9.24. The summed E-state index contributed by atoms with van der Waals surface area (Å²) >= 11 is 6.06. The molecule has 2 N–H and O–H groups in total. The molecule has 0 fully saturated rings. The molecule has 0 unspecified atom stereocenters. The number of benzene rings is 2. The van der Waals surface area contributed by atoms with Crippen molar-refractivity contribution in [1.29, 1.82) is 0 Å². The third kappa shape index (κ3) is 5.71. The maximum absolute atomic E-state index is 12.5. The van der Waals surface area contributed by atoms with E-state index in [-0.39, 0.29) is 11.8 Å². The number of rotatable bonds is 9. The van der Waals surface area contributed by atoms with Crippen LogP contribution < -0.4 is 15.4 Å². The Morgan fingerprint density at radius 2 is 1.75 bits per heavy atom. The minimum absolute atomic E-state index is 0.215. The third-order valence-electron chi connectivity index (χ3n) is 4.43. The fraction of sp³-hybridized carbons (Fsp3) is 0.333. The monoisotopic (exact) mass is 403 g/mol. The second-order valence-corrected chi connectivity index (χ2v) is 6.54. The summed E-state index contributed by atoms with van der Waals surface area (Å²) in [4.78, 5) is 27.1. The van der Waals surface area contributed by atoms with Crippen molar-refractivity contribution < 1.29 is 14.3 Å². The normalized spacial score (nSPS) is 10.6. The highest BCUT2D eigenvalue weighted by molar-refractivity contribution is 6.34. The number of amides is 2. The van der Waals surface area contributed by atoms with Crippen molar-refractivity contribution in [1.82, 2.24) is 10.2 Å². The summed E-state index contributed by atoms with van der Waals surface area (Å²) in [6.07, 6.45) is 0. The molecule has 2 amide bonds. The van der Waals surface area contributed by atoms with Crippen LogP contribution in [0.2, 0.25) is 5.02 Å². The molecule has 0 atom stereocenters. The Labute approximate surface area is 170 Å². The van der Waals surface area contributed by atoms with Crippen molar-refractivity contribution in [2.24, 2.45) is 0 Å². The van der Waals surface area contributed by atoms with Crippen LogP contribution in [0.1, 0.15) is 34.6 Å². The molecule has 0 aliphatic heterocycles. The predicted octanol–water partition coefficient (Wildman–Crippen LogP) is 3.67. The van der Waals surface area contributed by atoms with Gasteiger partial charge in [-0.1, -0.05) is 37.6 Å². The summed E-state index contributed by atoms with van der Waals surface area (Å²) in [5, 5.41) is 6.04. The van der Waals surface area contributed by atoms with Gasteiger partial charge in [0, 0.05) is 24.8 Å². The van der Waals surface area contributed by atoms with Crippen molar-refractivity contribution in [3.63, 3.8) is 0 Å². The topological polar surface area (TPSA) is 70.7 Å². The van der Waals surface area contributed by atoms with Crippen molar-refractivity contribution in [3.05, 3.63) is 58.6 Å². The van der Waals surface area contributed by atoms with E-state index < -0.39 is 0 Å². The van der Waals surface area contributed by atoms with Crippen LogP contribution in [-0.4, -0.2) is 50.0 Å². The van der Waals surface area contributed by atoms with Gasteiger partial charge < -0.3 is 20.3 Å². The van der Waals surface area contributed by atoms with Gasteiger partial charge in [0.05, 0.1) is 23.3 Å². The SMILES string of the molecule is CCN(CC)CCNC(=O)c1ccc(NC(=O)c2ccccc2Cl)cc1OC. The first-order valence-corrected chi connectivity index (χ1v) is 9.62. The fourth-order valence-electron chi connectivity index (χ4n) is 2.76. The van der Waals surface area contributed by atoms with Crippen molar-refractivity contribution in [2.45, 2.75) is 13.8 Å². The van der Waals surface area contributed by atoms with Gasteiger partial charge in [0.25, 0.3) is 11.8 Å². The summed E-state index contributed by atoms with van der Waals surface area (Å²) < 4.78 is 5.34. The average Bonchev–Trinajstić information content (AvgIpc) is 2.71. The molecule has 0 aliphatic rings. The molecule has 2 aromatic rings. The van der Waals surface area contributed by atoms with Gasteiger partial charge in [-0.25, -0.2) is 0 Å². The quantitative estimate of drug-likeness (QED) is 0.670. The average molecular weight is 404 g/mol. The zero-order chi connectivity index (χ0) is 20.5. The van der Waals surface area contributed by atoms with E-state index in [4.69, 9.17) is 16.3 Å². The number of carbonyl (C=O) groups is 2. The van der Waals surface area contributed by atoms with E-state index >= 15 is 0 Å². The van der Waals surface area contributed by atoms with Crippen LogP contribution in [0.5, 0.6) is 5.75 Å². The van der Waals surface area contributed by atoms with E-state index in [1.165, 1.54) is 7.11 Å². The summed E-state index contributed by atoms with van der Waals surface area (Å²) in [6.45, 7) is 7.39. The van der Waals surface area contributed by atoms with Gasteiger partial charge in [0.2, 0.25) is 0 Å². The second-order valence-electron chi connectivity index (χ2n) is 6.13. The van der Waals surface area contributed by atoms with E-state index in [0.717, 1.165) is 19.6 Å². The molecule has 7 heteroatoms. The van der Waals surface area contributed by atoms with Gasteiger partial charge in [-0.15, -0.1) is 0 Å². The molecule has 6 nitrogen and oxygen atoms in total. The largest absolute Gasteiger partial charge is 0.496 e. The van der Waals surface area contributed by atoms with E-state index in [1.807, 2.05) is 0 Å². The fourth-order valence-corrected chi connectivity index (χ4v) is 2.98. The van der Waals surface area contributed by atoms with Crippen LogP contribution in [0.25, 0.3) is 0 Å². The number of anilines is 1. The Morgan fingerprint density at radius 1 is 1.04 bits per heavy atom. The van der Waals surface area contributed by atoms with Crippen molar-refractivity contribution >= 4 is 29.1 Å². The Bertz CT molecular complexity index is 822. The van der Waals surface area contributed by atoms with Gasteiger partial charge in [-0.2, -0.15) is 0 Å². The Morgan fingerprint density at radius 3 is 2.39 bits per heavy atom. The smallest absolute Gasteiger partial charge is 0.257 e. The minimum Gasteiger partial charge on any atom is -0.496 e. The second kappa shape index (κ2) is 10.7. The number of halogens is 1. The first-order chi connectivity index (χ1) is 13.5. The molecule has 2 rings (SSSR count). The highest BCUT2D eigenvalue weighted by Crippen LogP contribution is 2.24. The van der Waals surface area contributed by atoms with Gasteiger partial charge in [-0.3, -0.25) is 9.59 Å². The van der Waals surface area contributed by atoms with Crippen molar-refractivity contribution in [2.75, 3.05) is 38.6 Å². The number of nitrogens with zero attached hydrogens (tertiary/aromatic N) is 1. The lowest BCUT2D eigenvalue weighted by Gasteiger charge is -2.18. The van der Waals surface area contributed by atoms with Gasteiger partial charge in [0.1, 0.15) is 5.75 Å². The van der Waals surface area contributed by atoms with E-state index in [1.54, 1.807) is 42.5 Å². The standard InChI is InChI=1S/C21H26ClN3O3/c1-4-25(5-2)13-12-23-20(26)17-11-10-15(14-19(17)28-3)24-21(27)16-8-6-7-9-18(16)22/h6-11,14H,4-5,12-13H2,1-3H3,(H,23,26)(H,24,27). The maximum Gasteiger partial charge on any atom is 0.257 e. The third-order valence-corrected chi connectivity index (χ3v) is 4.76. The number of ether oxygens (including phenoxy) is 1. The number of hydrogen-bond acceptors (Lipinski definition) is 4. The number of hydrogen-bond donors (Lipinski definition) is 2. The summed E-state index contributed by atoms with van der Waals surface area (Å²) in [5.74, 6) is -0.158. The lowest BCUT2D eigenvalue weighted by atomic mass is 10.1. The predicted molar refractivity (Wildman–Crippen MR) is 113 cm³/mol. The van der Waals surface area contributed by atoms with Gasteiger partial charge >= 0.3 is 0 Å². The number of carbonyl (C=O) groups excluding carboxylic acids is 2. The van der Waals surface area contributed by atoms with E-state index in [9.17, 15) is 9.59 Å².